The fourth-order valence-corrected chi connectivity index (χ4v) is 3.51. The molecule has 0 amide bonds. The molecule has 3 heterocycles. The first-order chi connectivity index (χ1) is 12.3. The van der Waals surface area contributed by atoms with Gasteiger partial charge < -0.3 is 10.2 Å². The summed E-state index contributed by atoms with van der Waals surface area (Å²) < 4.78 is 39.8. The molecule has 0 radical (unpaired) electrons. The van der Waals surface area contributed by atoms with E-state index in [1.165, 1.54) is 6.07 Å². The minimum atomic E-state index is -4.53. The lowest BCUT2D eigenvalue weighted by Gasteiger charge is -2.38. The molecule has 0 aromatic heterocycles. The number of piperazine rings is 1. The summed E-state index contributed by atoms with van der Waals surface area (Å²) in [7, 11) is 0. The molecule has 0 aliphatic carbocycles. The maximum absolute atomic E-state index is 13.3. The number of hydrogen-bond donors (Lipinski definition) is 1. The molecule has 1 fully saturated rings. The fraction of sp³-hybridized carbons (Fsp3) is 0.412. The Labute approximate surface area is 153 Å². The van der Waals surface area contributed by atoms with E-state index in [4.69, 9.17) is 11.6 Å². The van der Waals surface area contributed by atoms with Crippen molar-refractivity contribution in [1.29, 1.82) is 0 Å². The quantitative estimate of drug-likeness (QED) is 0.746. The Morgan fingerprint density at radius 3 is 2.62 bits per heavy atom. The van der Waals surface area contributed by atoms with Gasteiger partial charge in [-0.3, -0.25) is 9.89 Å². The summed E-state index contributed by atoms with van der Waals surface area (Å²) in [6, 6.07) is 2.26. The third kappa shape index (κ3) is 2.97. The average Bonchev–Trinajstić information content (AvgIpc) is 2.60. The summed E-state index contributed by atoms with van der Waals surface area (Å²) in [5.74, 6) is 1.25. The Balaban J connectivity index is 1.87. The highest BCUT2D eigenvalue weighted by atomic mass is 35.5. The minimum absolute atomic E-state index is 0.0645. The van der Waals surface area contributed by atoms with Gasteiger partial charge in [-0.25, -0.2) is 4.99 Å². The molecule has 9 heteroatoms. The van der Waals surface area contributed by atoms with Crippen LogP contribution in [0, 0.1) is 0 Å². The summed E-state index contributed by atoms with van der Waals surface area (Å²) >= 11 is 5.90. The number of nitrogens with zero attached hydrogens (tertiary/aromatic N) is 4. The van der Waals surface area contributed by atoms with Crippen molar-refractivity contribution in [2.24, 2.45) is 9.98 Å². The monoisotopic (exact) mass is 383 g/mol. The highest BCUT2D eigenvalue weighted by Crippen LogP contribution is 2.44. The molecule has 4 rings (SSSR count). The van der Waals surface area contributed by atoms with Gasteiger partial charge >= 0.3 is 6.18 Å². The van der Waals surface area contributed by atoms with Crippen LogP contribution in [0.2, 0.25) is 5.02 Å². The molecule has 0 bridgehead atoms. The van der Waals surface area contributed by atoms with Gasteiger partial charge in [0.2, 0.25) is 0 Å². The third-order valence-electron chi connectivity index (χ3n) is 4.54. The predicted molar refractivity (Wildman–Crippen MR) is 96.5 cm³/mol. The lowest BCUT2D eigenvalue weighted by molar-refractivity contribution is -0.137. The van der Waals surface area contributed by atoms with Gasteiger partial charge in [-0.15, -0.1) is 0 Å². The van der Waals surface area contributed by atoms with Gasteiger partial charge in [0, 0.05) is 32.4 Å². The van der Waals surface area contributed by atoms with Gasteiger partial charge in [0.25, 0.3) is 0 Å². The maximum Gasteiger partial charge on any atom is 0.417 e. The van der Waals surface area contributed by atoms with Crippen LogP contribution in [0.25, 0.3) is 0 Å². The van der Waals surface area contributed by atoms with Crippen LogP contribution >= 0.6 is 11.6 Å². The van der Waals surface area contributed by atoms with Gasteiger partial charge in [-0.2, -0.15) is 13.2 Å². The molecule has 3 aliphatic rings. The first kappa shape index (κ1) is 17.4. The van der Waals surface area contributed by atoms with Crippen molar-refractivity contribution in [3.63, 3.8) is 0 Å². The van der Waals surface area contributed by atoms with E-state index >= 15 is 0 Å². The molecule has 1 N–H and O–H groups in total. The van der Waals surface area contributed by atoms with Gasteiger partial charge in [-0.05, 0) is 25.1 Å². The van der Waals surface area contributed by atoms with E-state index in [-0.39, 0.29) is 11.1 Å². The molecule has 5 nitrogen and oxygen atoms in total. The van der Waals surface area contributed by atoms with Gasteiger partial charge in [0.15, 0.2) is 11.7 Å². The SMILES string of the molecule is CC1C=CN2C(=N1)C(N1CCNCC1)=Nc1cc(Cl)c(C(F)(F)F)cc12. The maximum atomic E-state index is 13.3. The molecular weight excluding hydrogens is 367 g/mol. The predicted octanol–water partition coefficient (Wildman–Crippen LogP) is 3.43. The molecule has 0 spiro atoms. The molecule has 1 aromatic carbocycles. The van der Waals surface area contributed by atoms with E-state index in [1.54, 1.807) is 11.1 Å². The van der Waals surface area contributed by atoms with E-state index < -0.39 is 11.7 Å². The van der Waals surface area contributed by atoms with Crippen LogP contribution in [0.1, 0.15) is 12.5 Å². The summed E-state index contributed by atoms with van der Waals surface area (Å²) in [4.78, 5) is 13.0. The number of rotatable bonds is 0. The molecule has 3 aliphatic heterocycles. The van der Waals surface area contributed by atoms with Crippen molar-refractivity contribution in [2.75, 3.05) is 31.1 Å². The number of fused-ring (bicyclic) bond motifs is 3. The first-order valence-corrected chi connectivity index (χ1v) is 8.73. The van der Waals surface area contributed by atoms with Crippen molar-refractivity contribution in [3.05, 3.63) is 35.0 Å². The number of benzene rings is 1. The minimum Gasteiger partial charge on any atom is -0.351 e. The highest BCUT2D eigenvalue weighted by Gasteiger charge is 2.37. The number of halogens is 4. The lowest BCUT2D eigenvalue weighted by Crippen LogP contribution is -2.53. The number of amidine groups is 2. The van der Waals surface area contributed by atoms with E-state index in [9.17, 15) is 13.2 Å². The van der Waals surface area contributed by atoms with E-state index in [0.717, 1.165) is 32.2 Å². The number of anilines is 1. The third-order valence-corrected chi connectivity index (χ3v) is 4.85. The second kappa shape index (κ2) is 6.28. The van der Waals surface area contributed by atoms with Crippen LogP contribution in [0.5, 0.6) is 0 Å². The molecule has 1 saturated heterocycles. The topological polar surface area (TPSA) is 43.2 Å². The zero-order chi connectivity index (χ0) is 18.5. The van der Waals surface area contributed by atoms with Crippen molar-refractivity contribution >= 4 is 34.6 Å². The van der Waals surface area contributed by atoms with Crippen LogP contribution < -0.4 is 10.2 Å². The largest absolute Gasteiger partial charge is 0.417 e. The van der Waals surface area contributed by atoms with E-state index in [1.807, 2.05) is 13.0 Å². The van der Waals surface area contributed by atoms with E-state index in [0.29, 0.717) is 23.0 Å². The smallest absolute Gasteiger partial charge is 0.351 e. The number of hydrogen-bond acceptors (Lipinski definition) is 5. The normalized spacial score (nSPS) is 22.6. The number of alkyl halides is 3. The first-order valence-electron chi connectivity index (χ1n) is 8.35. The molecule has 1 aromatic rings. The average molecular weight is 384 g/mol. The Morgan fingerprint density at radius 2 is 1.92 bits per heavy atom. The van der Waals surface area contributed by atoms with E-state index in [2.05, 4.69) is 20.2 Å². The van der Waals surface area contributed by atoms with Gasteiger partial charge in [0.05, 0.1) is 28.0 Å². The second-order valence-electron chi connectivity index (χ2n) is 6.40. The Hall–Kier alpha value is -2.06. The van der Waals surface area contributed by atoms with Crippen LogP contribution in [0.15, 0.2) is 34.4 Å². The molecule has 138 valence electrons. The Kier molecular flexibility index (Phi) is 4.19. The van der Waals surface area contributed by atoms with Crippen LogP contribution in [-0.4, -0.2) is 48.8 Å². The zero-order valence-electron chi connectivity index (χ0n) is 14.0. The second-order valence-corrected chi connectivity index (χ2v) is 6.80. The zero-order valence-corrected chi connectivity index (χ0v) is 14.8. The van der Waals surface area contributed by atoms with Gasteiger partial charge in [0.1, 0.15) is 0 Å². The Morgan fingerprint density at radius 1 is 1.19 bits per heavy atom. The van der Waals surface area contributed by atoms with Crippen LogP contribution in [0.4, 0.5) is 24.5 Å². The van der Waals surface area contributed by atoms with Crippen molar-refractivity contribution in [1.82, 2.24) is 10.2 Å². The molecule has 1 unspecified atom stereocenters. The highest BCUT2D eigenvalue weighted by molar-refractivity contribution is 6.48. The fourth-order valence-electron chi connectivity index (χ4n) is 3.24. The molecule has 1 atom stereocenters. The summed E-state index contributed by atoms with van der Waals surface area (Å²) in [6.07, 6.45) is -0.925. The molecule has 26 heavy (non-hydrogen) atoms. The number of aliphatic imine (C=N–C) groups is 2. The summed E-state index contributed by atoms with van der Waals surface area (Å²) in [5.41, 5.74) is -0.123. The van der Waals surface area contributed by atoms with Crippen molar-refractivity contribution < 1.29 is 13.2 Å². The summed E-state index contributed by atoms with van der Waals surface area (Å²) in [6.45, 7) is 5.08. The standard InChI is InChI=1S/C17H17ClF3N5/c1-10-2-5-26-14-8-11(17(19,20)21)12(18)9-13(14)24-15(16(26)23-10)25-6-3-22-4-7-25/h2,5,8-10,22H,3-4,6-7H2,1H3. The number of nitrogens with one attached hydrogen (secondary N) is 1. The van der Waals surface area contributed by atoms with Crippen molar-refractivity contribution in [3.8, 4) is 0 Å². The van der Waals surface area contributed by atoms with Crippen molar-refractivity contribution in [2.45, 2.75) is 19.1 Å². The van der Waals surface area contributed by atoms with Crippen LogP contribution in [0.3, 0.4) is 0 Å². The van der Waals surface area contributed by atoms with Crippen LogP contribution in [-0.2, 0) is 6.18 Å². The summed E-state index contributed by atoms with van der Waals surface area (Å²) in [5, 5.41) is 2.92. The molecule has 0 saturated carbocycles. The lowest BCUT2D eigenvalue weighted by atomic mass is 10.1. The molecular formula is C17H17ClF3N5. The Bertz CT molecular complexity index is 824. The van der Waals surface area contributed by atoms with Gasteiger partial charge in [-0.1, -0.05) is 11.6 Å².